The average molecular weight is 468 g/mol. The summed E-state index contributed by atoms with van der Waals surface area (Å²) in [5.41, 5.74) is 3.60. The van der Waals surface area contributed by atoms with Crippen LogP contribution in [0, 0.1) is 12.3 Å². The second-order valence-corrected chi connectivity index (χ2v) is 10.8. The first kappa shape index (κ1) is 22.0. The van der Waals surface area contributed by atoms with E-state index in [0.29, 0.717) is 0 Å². The van der Waals surface area contributed by atoms with E-state index in [1.54, 1.807) is 6.20 Å². The Balaban J connectivity index is 1.38. The number of hydrogen-bond acceptors (Lipinski definition) is 5. The van der Waals surface area contributed by atoms with Gasteiger partial charge in [-0.2, -0.15) is 5.10 Å². The van der Waals surface area contributed by atoms with E-state index in [9.17, 15) is 4.79 Å². The van der Waals surface area contributed by atoms with Gasteiger partial charge in [0.15, 0.2) is 0 Å². The topological polar surface area (TPSA) is 63.5 Å². The molecule has 7 nitrogen and oxygen atoms in total. The van der Waals surface area contributed by atoms with E-state index in [1.165, 1.54) is 0 Å². The average Bonchev–Trinajstić information content (AvgIpc) is 3.34. The molecule has 2 aromatic heterocycles. The Kier molecular flexibility index (Phi) is 5.08. The van der Waals surface area contributed by atoms with Crippen LogP contribution in [0.25, 0.3) is 22.2 Å². The lowest BCUT2D eigenvalue weighted by Crippen LogP contribution is -2.60. The van der Waals surface area contributed by atoms with E-state index in [-0.39, 0.29) is 11.5 Å². The zero-order chi connectivity index (χ0) is 23.5. The third-order valence-electron chi connectivity index (χ3n) is 6.68. The smallest absolute Gasteiger partial charge is 0.410 e. The van der Waals surface area contributed by atoms with Crippen LogP contribution in [0.1, 0.15) is 32.8 Å². The largest absolute Gasteiger partial charge is 0.444 e. The van der Waals surface area contributed by atoms with Crippen LogP contribution in [0.2, 0.25) is 5.02 Å². The first-order valence-electron chi connectivity index (χ1n) is 11.4. The van der Waals surface area contributed by atoms with Crippen LogP contribution in [0.4, 0.5) is 10.6 Å². The number of nitrogens with zero attached hydrogens (tertiary/aromatic N) is 5. The van der Waals surface area contributed by atoms with Gasteiger partial charge >= 0.3 is 6.09 Å². The second kappa shape index (κ2) is 7.62. The third kappa shape index (κ3) is 3.92. The van der Waals surface area contributed by atoms with Crippen molar-refractivity contribution < 1.29 is 9.53 Å². The van der Waals surface area contributed by atoms with Gasteiger partial charge in [0.25, 0.3) is 0 Å². The molecule has 5 rings (SSSR count). The number of anilines is 1. The lowest BCUT2D eigenvalue weighted by atomic mass is 9.79. The predicted octanol–water partition coefficient (Wildman–Crippen LogP) is 5.04. The number of benzene rings is 1. The molecule has 0 atom stereocenters. The molecule has 0 N–H and O–H groups in total. The molecule has 33 heavy (non-hydrogen) atoms. The fraction of sp³-hybridized carbons (Fsp3) is 0.480. The minimum Gasteiger partial charge on any atom is -0.444 e. The molecule has 174 valence electrons. The zero-order valence-corrected chi connectivity index (χ0v) is 20.6. The highest BCUT2D eigenvalue weighted by Gasteiger charge is 2.50. The number of aromatic nitrogens is 3. The summed E-state index contributed by atoms with van der Waals surface area (Å²) in [4.78, 5) is 21.6. The molecule has 0 aliphatic carbocycles. The maximum atomic E-state index is 12.4. The number of rotatable bonds is 2. The van der Waals surface area contributed by atoms with E-state index in [0.717, 1.165) is 71.2 Å². The van der Waals surface area contributed by atoms with Crippen molar-refractivity contribution in [2.75, 3.05) is 31.1 Å². The molecule has 3 aromatic rings. The number of halogens is 1. The maximum absolute atomic E-state index is 12.4. The first-order chi connectivity index (χ1) is 15.6. The number of ether oxygens (including phenoxy) is 1. The molecular formula is C25H30ClN5O2. The minimum atomic E-state index is -0.473. The molecule has 2 saturated heterocycles. The van der Waals surface area contributed by atoms with Crippen LogP contribution in [-0.4, -0.2) is 57.5 Å². The third-order valence-corrected chi connectivity index (χ3v) is 7.17. The van der Waals surface area contributed by atoms with Crippen molar-refractivity contribution in [2.45, 2.75) is 39.7 Å². The number of carbonyl (C=O) groups excluding carboxylic acids is 1. The van der Waals surface area contributed by atoms with Gasteiger partial charge in [0.05, 0.1) is 16.2 Å². The Morgan fingerprint density at radius 1 is 1.18 bits per heavy atom. The molecule has 8 heteroatoms. The van der Waals surface area contributed by atoms with Crippen LogP contribution in [0.3, 0.4) is 0 Å². The van der Waals surface area contributed by atoms with Gasteiger partial charge in [-0.25, -0.2) is 9.78 Å². The summed E-state index contributed by atoms with van der Waals surface area (Å²) in [5, 5.41) is 5.98. The van der Waals surface area contributed by atoms with E-state index < -0.39 is 5.60 Å². The van der Waals surface area contributed by atoms with Crippen molar-refractivity contribution in [1.29, 1.82) is 0 Å². The molecule has 0 saturated carbocycles. The van der Waals surface area contributed by atoms with E-state index in [4.69, 9.17) is 21.3 Å². The van der Waals surface area contributed by atoms with E-state index >= 15 is 0 Å². The summed E-state index contributed by atoms with van der Waals surface area (Å²) in [6.45, 7) is 11.0. The highest BCUT2D eigenvalue weighted by atomic mass is 35.5. The van der Waals surface area contributed by atoms with Crippen molar-refractivity contribution in [3.05, 3.63) is 41.0 Å². The predicted molar refractivity (Wildman–Crippen MR) is 131 cm³/mol. The fourth-order valence-corrected chi connectivity index (χ4v) is 5.27. The Bertz CT molecular complexity index is 1240. The molecule has 4 heterocycles. The van der Waals surface area contributed by atoms with Crippen molar-refractivity contribution in [3.63, 3.8) is 0 Å². The molecule has 2 fully saturated rings. The number of aryl methyl sites for hydroxylation is 1. The molecule has 0 bridgehead atoms. The van der Waals surface area contributed by atoms with Crippen LogP contribution < -0.4 is 4.90 Å². The van der Waals surface area contributed by atoms with Gasteiger partial charge < -0.3 is 14.5 Å². The summed E-state index contributed by atoms with van der Waals surface area (Å²) in [5.74, 6) is 0.933. The highest BCUT2D eigenvalue weighted by Crippen LogP contribution is 2.43. The monoisotopic (exact) mass is 467 g/mol. The Morgan fingerprint density at radius 3 is 2.61 bits per heavy atom. The van der Waals surface area contributed by atoms with Crippen molar-refractivity contribution in [1.82, 2.24) is 19.7 Å². The van der Waals surface area contributed by atoms with Crippen LogP contribution in [0.5, 0.6) is 0 Å². The van der Waals surface area contributed by atoms with Gasteiger partial charge in [0.2, 0.25) is 0 Å². The first-order valence-corrected chi connectivity index (χ1v) is 11.7. The maximum Gasteiger partial charge on any atom is 0.410 e. The Morgan fingerprint density at radius 2 is 1.94 bits per heavy atom. The zero-order valence-electron chi connectivity index (χ0n) is 19.9. The van der Waals surface area contributed by atoms with Crippen molar-refractivity contribution >= 4 is 34.4 Å². The number of amides is 1. The standard InChI is InChI=1S/C25H30ClN5O2/c1-16-21(26)18-7-6-17(20-8-10-27-29(20)5)12-19(18)28-22(16)30-11-9-25(13-30)14-31(15-25)23(32)33-24(2,3)4/h6-8,10,12H,9,11,13-15H2,1-5H3. The SMILES string of the molecule is Cc1c(N2CCC3(CN(C(=O)OC(C)(C)C)C3)C2)nc2cc(-c3ccnn3C)ccc2c1Cl. The molecule has 1 aromatic carbocycles. The summed E-state index contributed by atoms with van der Waals surface area (Å²) in [7, 11) is 1.93. The number of hydrogen-bond donors (Lipinski definition) is 0. The van der Waals surface area contributed by atoms with Crippen LogP contribution in [0.15, 0.2) is 30.5 Å². The summed E-state index contributed by atoms with van der Waals surface area (Å²) in [6.07, 6.45) is 2.60. The summed E-state index contributed by atoms with van der Waals surface area (Å²) >= 11 is 6.81. The van der Waals surface area contributed by atoms with E-state index in [2.05, 4.69) is 22.1 Å². The number of fused-ring (bicyclic) bond motifs is 1. The highest BCUT2D eigenvalue weighted by molar-refractivity contribution is 6.36. The Hall–Kier alpha value is -2.80. The van der Waals surface area contributed by atoms with Crippen LogP contribution in [-0.2, 0) is 11.8 Å². The van der Waals surface area contributed by atoms with Gasteiger partial charge in [0, 0.05) is 61.4 Å². The molecule has 0 radical (unpaired) electrons. The van der Waals surface area contributed by atoms with Gasteiger partial charge in [-0.3, -0.25) is 4.68 Å². The van der Waals surface area contributed by atoms with Gasteiger partial charge in [-0.15, -0.1) is 0 Å². The molecule has 1 amide bonds. The summed E-state index contributed by atoms with van der Waals surface area (Å²) < 4.78 is 7.38. The molecule has 2 aliphatic rings. The summed E-state index contributed by atoms with van der Waals surface area (Å²) in [6, 6.07) is 8.19. The van der Waals surface area contributed by atoms with E-state index in [1.807, 2.05) is 56.5 Å². The lowest BCUT2D eigenvalue weighted by molar-refractivity contribution is -0.0266. The number of carbonyl (C=O) groups is 1. The number of likely N-dealkylation sites (tertiary alicyclic amines) is 1. The molecule has 1 spiro atoms. The van der Waals surface area contributed by atoms with Gasteiger partial charge in [-0.05, 0) is 46.2 Å². The molecular weight excluding hydrogens is 438 g/mol. The number of pyridine rings is 1. The van der Waals surface area contributed by atoms with Crippen molar-refractivity contribution in [2.24, 2.45) is 12.5 Å². The van der Waals surface area contributed by atoms with Gasteiger partial charge in [0.1, 0.15) is 11.4 Å². The fourth-order valence-electron chi connectivity index (χ4n) is 5.03. The normalized spacial score (nSPS) is 17.6. The molecule has 0 unspecified atom stereocenters. The Labute approximate surface area is 199 Å². The van der Waals surface area contributed by atoms with Crippen molar-refractivity contribution in [3.8, 4) is 11.3 Å². The second-order valence-electron chi connectivity index (χ2n) is 10.5. The molecule has 2 aliphatic heterocycles. The van der Waals surface area contributed by atoms with Crippen LogP contribution >= 0.6 is 11.6 Å². The lowest BCUT2D eigenvalue weighted by Gasteiger charge is -2.47. The van der Waals surface area contributed by atoms with Gasteiger partial charge in [-0.1, -0.05) is 23.7 Å². The quantitative estimate of drug-likeness (QED) is 0.528. The minimum absolute atomic E-state index is 0.100.